The number of nitrogens with zero attached hydrogens (tertiary/aromatic N) is 4. The third kappa shape index (κ3) is 4.43. The maximum absolute atomic E-state index is 13.1. The van der Waals surface area contributed by atoms with Gasteiger partial charge in [-0.2, -0.15) is 0 Å². The normalized spacial score (nSPS) is 14.5. The van der Waals surface area contributed by atoms with E-state index in [2.05, 4.69) is 30.8 Å². The van der Waals surface area contributed by atoms with Crippen LogP contribution < -0.4 is 15.4 Å². The van der Waals surface area contributed by atoms with Gasteiger partial charge >= 0.3 is 0 Å². The van der Waals surface area contributed by atoms with Gasteiger partial charge in [0.05, 0.1) is 18.9 Å². The topological polar surface area (TPSA) is 102 Å². The van der Waals surface area contributed by atoms with Crippen LogP contribution in [0.1, 0.15) is 39.8 Å². The highest BCUT2D eigenvalue weighted by molar-refractivity contribution is 7.15. The second-order valence-corrected chi connectivity index (χ2v) is 8.40. The lowest BCUT2D eigenvalue weighted by Crippen LogP contribution is -2.26. The fraction of sp³-hybridized carbons (Fsp3) is 0.350. The Hall–Kier alpha value is -2.62. The molecule has 10 heteroatoms. The Labute approximate surface area is 183 Å². The van der Waals surface area contributed by atoms with Gasteiger partial charge in [0.2, 0.25) is 5.13 Å². The quantitative estimate of drug-likeness (QED) is 0.578. The molecule has 0 unspecified atom stereocenters. The fourth-order valence-electron chi connectivity index (χ4n) is 3.44. The number of hydrogen-bond donors (Lipinski definition) is 2. The molecule has 0 bridgehead atoms. The number of halogens is 1. The van der Waals surface area contributed by atoms with Crippen LogP contribution in [0.15, 0.2) is 24.5 Å². The van der Waals surface area contributed by atoms with Crippen LogP contribution in [0.5, 0.6) is 5.75 Å². The summed E-state index contributed by atoms with van der Waals surface area (Å²) >= 11 is 7.52. The molecule has 1 saturated heterocycles. The predicted octanol–water partition coefficient (Wildman–Crippen LogP) is 3.68. The molecule has 0 aliphatic carbocycles. The third-order valence-corrected chi connectivity index (χ3v) is 6.19. The monoisotopic (exact) mass is 444 g/mol. The number of ether oxygens (including phenoxy) is 1. The zero-order valence-electron chi connectivity index (χ0n) is 16.6. The largest absolute Gasteiger partial charge is 0.494 e. The number of aromatic nitrogens is 4. The summed E-state index contributed by atoms with van der Waals surface area (Å²) in [4.78, 5) is 21.4. The Kier molecular flexibility index (Phi) is 6.21. The average Bonchev–Trinajstić information content (AvgIpc) is 3.22. The molecule has 3 aromatic heterocycles. The van der Waals surface area contributed by atoms with E-state index in [1.54, 1.807) is 19.4 Å². The van der Waals surface area contributed by atoms with E-state index in [0.717, 1.165) is 36.6 Å². The molecule has 1 amide bonds. The molecule has 0 saturated carbocycles. The SMILES string of the molecule is COc1cnc(Cl)cc1-c1cc(C)ncc1C(=O)Nc1nnc(C2CCNCC2)s1. The van der Waals surface area contributed by atoms with Crippen molar-refractivity contribution >= 4 is 34.0 Å². The fourth-order valence-corrected chi connectivity index (χ4v) is 4.50. The van der Waals surface area contributed by atoms with Gasteiger partial charge < -0.3 is 10.1 Å². The van der Waals surface area contributed by atoms with Crippen LogP contribution in [0, 0.1) is 6.92 Å². The number of piperidine rings is 1. The lowest BCUT2D eigenvalue weighted by molar-refractivity contribution is 0.102. The Morgan fingerprint density at radius 3 is 2.77 bits per heavy atom. The Morgan fingerprint density at radius 2 is 2.00 bits per heavy atom. The molecule has 30 heavy (non-hydrogen) atoms. The van der Waals surface area contributed by atoms with E-state index in [1.165, 1.54) is 17.5 Å². The third-order valence-electron chi connectivity index (χ3n) is 4.98. The summed E-state index contributed by atoms with van der Waals surface area (Å²) in [5.41, 5.74) is 2.48. The minimum absolute atomic E-state index is 0.308. The number of rotatable bonds is 5. The van der Waals surface area contributed by atoms with Gasteiger partial charge in [-0.3, -0.25) is 15.1 Å². The number of carbonyl (C=O) groups excluding carboxylic acids is 1. The summed E-state index contributed by atoms with van der Waals surface area (Å²) in [6.45, 7) is 3.80. The van der Waals surface area contributed by atoms with Crippen molar-refractivity contribution in [2.24, 2.45) is 0 Å². The van der Waals surface area contributed by atoms with Gasteiger partial charge in [-0.1, -0.05) is 22.9 Å². The van der Waals surface area contributed by atoms with Crippen LogP contribution in [0.25, 0.3) is 11.1 Å². The number of anilines is 1. The van der Waals surface area contributed by atoms with E-state index in [9.17, 15) is 4.79 Å². The summed E-state index contributed by atoms with van der Waals surface area (Å²) < 4.78 is 5.42. The van der Waals surface area contributed by atoms with Crippen molar-refractivity contribution in [3.8, 4) is 16.9 Å². The van der Waals surface area contributed by atoms with E-state index in [4.69, 9.17) is 16.3 Å². The van der Waals surface area contributed by atoms with Crippen LogP contribution in [-0.2, 0) is 0 Å². The Balaban J connectivity index is 1.63. The van der Waals surface area contributed by atoms with Gasteiger partial charge in [0.15, 0.2) is 0 Å². The Bertz CT molecular complexity index is 1070. The number of aryl methyl sites for hydroxylation is 1. The van der Waals surface area contributed by atoms with Gasteiger partial charge in [-0.05, 0) is 45.0 Å². The van der Waals surface area contributed by atoms with E-state index < -0.39 is 0 Å². The summed E-state index contributed by atoms with van der Waals surface area (Å²) in [7, 11) is 1.55. The molecule has 0 radical (unpaired) electrons. The summed E-state index contributed by atoms with van der Waals surface area (Å²) in [6.07, 6.45) is 5.13. The first kappa shape index (κ1) is 20.6. The van der Waals surface area contributed by atoms with Gasteiger partial charge in [0.25, 0.3) is 5.91 Å². The van der Waals surface area contributed by atoms with Crippen LogP contribution in [-0.4, -0.2) is 46.3 Å². The minimum Gasteiger partial charge on any atom is -0.494 e. The number of nitrogens with one attached hydrogen (secondary N) is 2. The zero-order valence-corrected chi connectivity index (χ0v) is 18.2. The maximum atomic E-state index is 13.1. The number of hydrogen-bond acceptors (Lipinski definition) is 8. The number of amides is 1. The van der Waals surface area contributed by atoms with Crippen LogP contribution >= 0.6 is 22.9 Å². The number of methoxy groups -OCH3 is 1. The van der Waals surface area contributed by atoms with Crippen molar-refractivity contribution in [3.63, 3.8) is 0 Å². The van der Waals surface area contributed by atoms with Crippen molar-refractivity contribution in [3.05, 3.63) is 45.9 Å². The van der Waals surface area contributed by atoms with Gasteiger partial charge in [0.1, 0.15) is 15.9 Å². The summed E-state index contributed by atoms with van der Waals surface area (Å²) in [5.74, 6) is 0.581. The molecule has 4 heterocycles. The predicted molar refractivity (Wildman–Crippen MR) is 116 cm³/mol. The molecular formula is C20H21ClN6O2S. The molecule has 156 valence electrons. The minimum atomic E-state index is -0.319. The Morgan fingerprint density at radius 1 is 1.20 bits per heavy atom. The van der Waals surface area contributed by atoms with Gasteiger partial charge in [-0.25, -0.2) is 4.98 Å². The molecule has 8 nitrogen and oxygen atoms in total. The van der Waals surface area contributed by atoms with Crippen LogP contribution in [0.4, 0.5) is 5.13 Å². The average molecular weight is 445 g/mol. The zero-order chi connectivity index (χ0) is 21.1. The lowest BCUT2D eigenvalue weighted by atomic mass is 9.99. The lowest BCUT2D eigenvalue weighted by Gasteiger charge is -2.19. The summed E-state index contributed by atoms with van der Waals surface area (Å²) in [6, 6.07) is 3.50. The highest BCUT2D eigenvalue weighted by Crippen LogP contribution is 2.35. The van der Waals surface area contributed by atoms with Crippen molar-refractivity contribution < 1.29 is 9.53 Å². The highest BCUT2D eigenvalue weighted by Gasteiger charge is 2.22. The van der Waals surface area contributed by atoms with Crippen LogP contribution in [0.3, 0.4) is 0 Å². The molecule has 3 aromatic rings. The van der Waals surface area contributed by atoms with E-state index in [1.807, 2.05) is 13.0 Å². The standard InChI is InChI=1S/C20H21ClN6O2S/c1-11-7-13(14-8-17(21)24-10-16(14)29-2)15(9-23-11)18(28)25-20-27-26-19(30-20)12-3-5-22-6-4-12/h7-10,12,22H,3-6H2,1-2H3,(H,25,27,28). The van der Waals surface area contributed by atoms with E-state index in [0.29, 0.717) is 38.6 Å². The first-order valence-corrected chi connectivity index (χ1v) is 10.8. The van der Waals surface area contributed by atoms with E-state index >= 15 is 0 Å². The molecule has 1 aliphatic rings. The molecule has 2 N–H and O–H groups in total. The molecule has 1 aliphatic heterocycles. The molecule has 4 rings (SSSR count). The van der Waals surface area contributed by atoms with Gasteiger partial charge in [-0.15, -0.1) is 10.2 Å². The van der Waals surface area contributed by atoms with Crippen molar-refractivity contribution in [2.45, 2.75) is 25.7 Å². The molecule has 0 atom stereocenters. The maximum Gasteiger partial charge on any atom is 0.259 e. The van der Waals surface area contributed by atoms with Crippen molar-refractivity contribution in [1.82, 2.24) is 25.5 Å². The first-order chi connectivity index (χ1) is 14.5. The van der Waals surface area contributed by atoms with Crippen molar-refractivity contribution in [2.75, 3.05) is 25.5 Å². The highest BCUT2D eigenvalue weighted by atomic mass is 35.5. The van der Waals surface area contributed by atoms with Crippen LogP contribution in [0.2, 0.25) is 5.15 Å². The van der Waals surface area contributed by atoms with Gasteiger partial charge in [0, 0.05) is 28.9 Å². The molecule has 0 aromatic carbocycles. The molecule has 1 fully saturated rings. The second-order valence-electron chi connectivity index (χ2n) is 7.00. The molecule has 0 spiro atoms. The number of carbonyl (C=O) groups is 1. The first-order valence-electron chi connectivity index (χ1n) is 9.57. The molecular weight excluding hydrogens is 424 g/mol. The summed E-state index contributed by atoms with van der Waals surface area (Å²) in [5, 5.41) is 16.4. The second kappa shape index (κ2) is 9.03. The number of pyridine rings is 2. The van der Waals surface area contributed by atoms with Crippen molar-refractivity contribution in [1.29, 1.82) is 0 Å². The van der Waals surface area contributed by atoms with E-state index in [-0.39, 0.29) is 5.91 Å². The smallest absolute Gasteiger partial charge is 0.259 e.